The molecule has 1 aliphatic heterocycles. The zero-order valence-electron chi connectivity index (χ0n) is 22.2. The highest BCUT2D eigenvalue weighted by Gasteiger charge is 2.19. The Balaban J connectivity index is 1.35. The molecule has 0 spiro atoms. The van der Waals surface area contributed by atoms with Gasteiger partial charge in [0.05, 0.1) is 24.4 Å². The Kier molecular flexibility index (Phi) is 6.77. The van der Waals surface area contributed by atoms with E-state index in [1.165, 1.54) is 0 Å². The van der Waals surface area contributed by atoms with E-state index in [0.717, 1.165) is 76.9 Å². The molecule has 1 saturated heterocycles. The van der Waals surface area contributed by atoms with Crippen LogP contribution in [0.2, 0.25) is 0 Å². The lowest BCUT2D eigenvalue weighted by molar-refractivity contribution is 0.0792. The Morgan fingerprint density at radius 1 is 1.00 bits per heavy atom. The van der Waals surface area contributed by atoms with Crippen LogP contribution in [0.4, 0.5) is 5.82 Å². The molecule has 3 aromatic carbocycles. The molecule has 0 bridgehead atoms. The third-order valence-corrected chi connectivity index (χ3v) is 7.64. The van der Waals surface area contributed by atoms with Crippen LogP contribution in [0.15, 0.2) is 78.9 Å². The number of hydrogen-bond donors (Lipinski definition) is 2. The third kappa shape index (κ3) is 4.99. The Hall–Kier alpha value is -4.20. The summed E-state index contributed by atoms with van der Waals surface area (Å²) >= 11 is 0. The molecular weight excluding hydrogens is 488 g/mol. The molecule has 0 saturated carbocycles. The minimum Gasteiger partial charge on any atom is -0.497 e. The monoisotopic (exact) mass is 520 g/mol. The molecule has 3 heterocycles. The van der Waals surface area contributed by atoms with Gasteiger partial charge in [-0.15, -0.1) is 0 Å². The minimum atomic E-state index is -0.201. The number of para-hydroxylation sites is 1. The molecular formula is C32H32N4O3. The van der Waals surface area contributed by atoms with Gasteiger partial charge in [-0.25, -0.2) is 4.98 Å². The molecule has 6 rings (SSSR count). The van der Waals surface area contributed by atoms with E-state index in [1.807, 2.05) is 73.8 Å². The lowest BCUT2D eigenvalue weighted by Gasteiger charge is -2.29. The maximum absolute atomic E-state index is 13.4. The molecule has 7 heteroatoms. The zero-order valence-corrected chi connectivity index (χ0v) is 22.2. The van der Waals surface area contributed by atoms with Crippen LogP contribution in [0.3, 0.4) is 0 Å². The van der Waals surface area contributed by atoms with Crippen LogP contribution in [0.25, 0.3) is 33.1 Å². The molecule has 0 unspecified atom stereocenters. The van der Waals surface area contributed by atoms with Crippen molar-refractivity contribution in [3.63, 3.8) is 0 Å². The van der Waals surface area contributed by atoms with Crippen molar-refractivity contribution in [2.45, 2.75) is 25.5 Å². The van der Waals surface area contributed by atoms with Crippen LogP contribution in [-0.2, 0) is 13.6 Å². The maximum atomic E-state index is 13.4. The molecule has 1 amide bonds. The van der Waals surface area contributed by atoms with E-state index in [9.17, 15) is 9.90 Å². The van der Waals surface area contributed by atoms with Gasteiger partial charge in [0.1, 0.15) is 11.6 Å². The van der Waals surface area contributed by atoms with Crippen molar-refractivity contribution in [1.82, 2.24) is 14.5 Å². The average molecular weight is 521 g/mol. The van der Waals surface area contributed by atoms with Crippen molar-refractivity contribution in [2.24, 2.45) is 7.05 Å². The summed E-state index contributed by atoms with van der Waals surface area (Å²) in [7, 11) is 3.70. The van der Waals surface area contributed by atoms with Crippen LogP contribution in [0, 0.1) is 0 Å². The van der Waals surface area contributed by atoms with Gasteiger partial charge >= 0.3 is 0 Å². The van der Waals surface area contributed by atoms with E-state index in [-0.39, 0.29) is 12.0 Å². The molecule has 2 N–H and O–H groups in total. The smallest absolute Gasteiger partial charge is 0.256 e. The van der Waals surface area contributed by atoms with Gasteiger partial charge in [-0.1, -0.05) is 30.3 Å². The molecule has 0 atom stereocenters. The summed E-state index contributed by atoms with van der Waals surface area (Å²) in [6.07, 6.45) is 1.38. The van der Waals surface area contributed by atoms with Crippen molar-refractivity contribution in [1.29, 1.82) is 0 Å². The van der Waals surface area contributed by atoms with E-state index in [0.29, 0.717) is 11.4 Å². The lowest BCUT2D eigenvalue weighted by Crippen LogP contribution is -2.35. The van der Waals surface area contributed by atoms with Gasteiger partial charge in [-0.05, 0) is 66.9 Å². The number of nitrogens with one attached hydrogen (secondary N) is 1. The Morgan fingerprint density at radius 2 is 1.77 bits per heavy atom. The minimum absolute atomic E-state index is 0.196. The molecule has 1 aliphatic rings. The summed E-state index contributed by atoms with van der Waals surface area (Å²) in [6.45, 7) is 2.48. The van der Waals surface area contributed by atoms with Gasteiger partial charge in [0.25, 0.3) is 5.91 Å². The first-order chi connectivity index (χ1) is 19.0. The summed E-state index contributed by atoms with van der Waals surface area (Å²) in [5, 5.41) is 15.0. The number of rotatable bonds is 6. The number of amides is 1. The van der Waals surface area contributed by atoms with E-state index in [2.05, 4.69) is 26.9 Å². The predicted octanol–water partition coefficient (Wildman–Crippen LogP) is 5.61. The van der Waals surface area contributed by atoms with Gasteiger partial charge < -0.3 is 19.7 Å². The lowest BCUT2D eigenvalue weighted by atomic mass is 10.1. The molecule has 1 fully saturated rings. The number of aliphatic hydroxyl groups is 1. The number of carbonyl (C=O) groups excluding carboxylic acids is 1. The standard InChI is InChI=1S/C32H32N4O3/c1-35-28-9-4-3-8-26(28)27-19-29(33-30(31(27)35)22-10-12-25(39-2)13-11-22)34-32(38)23-7-5-6-21(18-23)20-36-16-14-24(37)15-17-36/h3-13,18-19,24,37H,14-17,20H2,1-2H3,(H,33,34,38). The first-order valence-electron chi connectivity index (χ1n) is 13.3. The number of benzene rings is 3. The van der Waals surface area contributed by atoms with Crippen LogP contribution in [-0.4, -0.2) is 51.8 Å². The molecule has 5 aromatic rings. The fraction of sp³-hybridized carbons (Fsp3) is 0.250. The summed E-state index contributed by atoms with van der Waals surface area (Å²) in [6, 6.07) is 25.8. The number of anilines is 1. The normalized spacial score (nSPS) is 14.6. The largest absolute Gasteiger partial charge is 0.497 e. The summed E-state index contributed by atoms with van der Waals surface area (Å²) in [4.78, 5) is 20.7. The first-order valence-corrected chi connectivity index (χ1v) is 13.3. The highest BCUT2D eigenvalue weighted by molar-refractivity contribution is 6.14. The number of aromatic nitrogens is 2. The Morgan fingerprint density at radius 3 is 2.54 bits per heavy atom. The van der Waals surface area contributed by atoms with Crippen molar-refractivity contribution in [2.75, 3.05) is 25.5 Å². The van der Waals surface area contributed by atoms with Crippen molar-refractivity contribution in [3.8, 4) is 17.0 Å². The van der Waals surface area contributed by atoms with Gasteiger partial charge in [0, 0.05) is 54.1 Å². The van der Waals surface area contributed by atoms with Crippen LogP contribution in [0.5, 0.6) is 5.75 Å². The summed E-state index contributed by atoms with van der Waals surface area (Å²) in [5.74, 6) is 1.08. The molecule has 39 heavy (non-hydrogen) atoms. The number of fused-ring (bicyclic) bond motifs is 3. The second-order valence-corrected chi connectivity index (χ2v) is 10.2. The number of likely N-dealkylation sites (tertiary alicyclic amines) is 1. The number of aryl methyl sites for hydroxylation is 1. The number of nitrogens with zero attached hydrogens (tertiary/aromatic N) is 3. The SMILES string of the molecule is COc1ccc(-c2nc(NC(=O)c3cccc(CN4CCC(O)CC4)c3)cc3c4ccccc4n(C)c23)cc1. The predicted molar refractivity (Wildman–Crippen MR) is 155 cm³/mol. The molecule has 2 aromatic heterocycles. The Labute approximate surface area is 227 Å². The second kappa shape index (κ2) is 10.5. The Bertz CT molecular complexity index is 1650. The number of ether oxygens (including phenoxy) is 1. The number of carbonyl (C=O) groups is 1. The quantitative estimate of drug-likeness (QED) is 0.304. The maximum Gasteiger partial charge on any atom is 0.256 e. The van der Waals surface area contributed by atoms with Gasteiger partial charge in [-0.3, -0.25) is 9.69 Å². The fourth-order valence-electron chi connectivity index (χ4n) is 5.55. The van der Waals surface area contributed by atoms with E-state index in [1.54, 1.807) is 7.11 Å². The topological polar surface area (TPSA) is 79.6 Å². The molecule has 0 aliphatic carbocycles. The van der Waals surface area contributed by atoms with Gasteiger partial charge in [0.2, 0.25) is 0 Å². The number of aliphatic hydroxyl groups excluding tert-OH is 1. The fourth-order valence-corrected chi connectivity index (χ4v) is 5.55. The van der Waals surface area contributed by atoms with Crippen molar-refractivity contribution in [3.05, 3.63) is 90.0 Å². The van der Waals surface area contributed by atoms with Crippen LogP contribution < -0.4 is 10.1 Å². The second-order valence-electron chi connectivity index (χ2n) is 10.2. The third-order valence-electron chi connectivity index (χ3n) is 7.64. The number of pyridine rings is 1. The van der Waals surface area contributed by atoms with E-state index >= 15 is 0 Å². The molecule has 198 valence electrons. The number of methoxy groups -OCH3 is 1. The van der Waals surface area contributed by atoms with Crippen molar-refractivity contribution >= 4 is 33.5 Å². The van der Waals surface area contributed by atoms with E-state index < -0.39 is 0 Å². The van der Waals surface area contributed by atoms with E-state index in [4.69, 9.17) is 9.72 Å². The summed E-state index contributed by atoms with van der Waals surface area (Å²) < 4.78 is 7.51. The van der Waals surface area contributed by atoms with Crippen LogP contribution in [0.1, 0.15) is 28.8 Å². The highest BCUT2D eigenvalue weighted by Crippen LogP contribution is 2.36. The zero-order chi connectivity index (χ0) is 26.9. The summed E-state index contributed by atoms with van der Waals surface area (Å²) in [5.41, 5.74) is 5.52. The highest BCUT2D eigenvalue weighted by atomic mass is 16.5. The van der Waals surface area contributed by atoms with Gasteiger partial charge in [0.15, 0.2) is 0 Å². The molecule has 7 nitrogen and oxygen atoms in total. The average Bonchev–Trinajstić information content (AvgIpc) is 3.26. The van der Waals surface area contributed by atoms with Crippen molar-refractivity contribution < 1.29 is 14.6 Å². The number of piperidine rings is 1. The first kappa shape index (κ1) is 25.1. The number of hydrogen-bond acceptors (Lipinski definition) is 5. The molecule has 0 radical (unpaired) electrons. The van der Waals surface area contributed by atoms with Crippen LogP contribution >= 0.6 is 0 Å². The van der Waals surface area contributed by atoms with Gasteiger partial charge in [-0.2, -0.15) is 0 Å².